The third kappa shape index (κ3) is 5.69. The average Bonchev–Trinajstić information content (AvgIpc) is 2.66. The van der Waals surface area contributed by atoms with Crippen molar-refractivity contribution in [2.45, 2.75) is 39.2 Å². The van der Waals surface area contributed by atoms with Crippen LogP contribution in [0.4, 0.5) is 0 Å². The second-order valence-electron chi connectivity index (χ2n) is 6.22. The smallest absolute Gasteiger partial charge is 0.308 e. The van der Waals surface area contributed by atoms with E-state index in [4.69, 9.17) is 9.47 Å². The molecule has 0 radical (unpaired) electrons. The molecular weight excluding hydrogens is 416 g/mol. The molecule has 0 aromatic heterocycles. The lowest BCUT2D eigenvalue weighted by atomic mass is 10.1. The molecule has 1 aromatic carbocycles. The molecule has 1 aliphatic rings. The number of piperazine rings is 1. The number of rotatable bonds is 8. The van der Waals surface area contributed by atoms with Crippen LogP contribution in [0.15, 0.2) is 22.7 Å². The number of halogens is 1. The highest BCUT2D eigenvalue weighted by molar-refractivity contribution is 9.10. The van der Waals surface area contributed by atoms with Crippen LogP contribution >= 0.6 is 15.9 Å². The number of ether oxygens (including phenoxy) is 2. The maximum absolute atomic E-state index is 13.0. The summed E-state index contributed by atoms with van der Waals surface area (Å²) in [5.41, 5.74) is 0.423. The zero-order valence-corrected chi connectivity index (χ0v) is 17.2. The van der Waals surface area contributed by atoms with E-state index < -0.39 is 12.0 Å². The number of nitrogens with zero attached hydrogens (tertiary/aromatic N) is 1. The number of hydrogen-bond acceptors (Lipinski definition) is 5. The molecule has 0 bridgehead atoms. The zero-order chi connectivity index (χ0) is 19.8. The van der Waals surface area contributed by atoms with Crippen molar-refractivity contribution in [3.8, 4) is 5.75 Å². The van der Waals surface area contributed by atoms with Gasteiger partial charge in [0.2, 0.25) is 5.91 Å². The number of amides is 2. The van der Waals surface area contributed by atoms with E-state index in [1.807, 2.05) is 13.8 Å². The first kappa shape index (κ1) is 21.2. The summed E-state index contributed by atoms with van der Waals surface area (Å²) in [6, 6.07) is 4.19. The van der Waals surface area contributed by atoms with Crippen LogP contribution in [0.3, 0.4) is 0 Å². The maximum Gasteiger partial charge on any atom is 0.308 e. The van der Waals surface area contributed by atoms with E-state index in [1.165, 1.54) is 4.90 Å². The van der Waals surface area contributed by atoms with Gasteiger partial charge in [0.05, 0.1) is 24.1 Å². The second-order valence-corrected chi connectivity index (χ2v) is 7.08. The fourth-order valence-corrected chi connectivity index (χ4v) is 3.22. The van der Waals surface area contributed by atoms with Crippen molar-refractivity contribution >= 4 is 33.7 Å². The molecule has 1 aromatic rings. The van der Waals surface area contributed by atoms with Gasteiger partial charge in [-0.05, 0) is 47.0 Å². The highest BCUT2D eigenvalue weighted by atomic mass is 79.9. The molecule has 8 heteroatoms. The molecule has 7 nitrogen and oxygen atoms in total. The van der Waals surface area contributed by atoms with Gasteiger partial charge in [-0.15, -0.1) is 0 Å². The minimum Gasteiger partial charge on any atom is -0.492 e. The van der Waals surface area contributed by atoms with Crippen LogP contribution < -0.4 is 10.1 Å². The Morgan fingerprint density at radius 1 is 1.26 bits per heavy atom. The van der Waals surface area contributed by atoms with E-state index in [0.717, 1.165) is 6.42 Å². The summed E-state index contributed by atoms with van der Waals surface area (Å²) >= 11 is 3.42. The molecular formula is C19H25BrN2O5. The molecule has 1 unspecified atom stereocenters. The first-order chi connectivity index (χ1) is 13.0. The number of esters is 1. The molecule has 1 atom stereocenters. The lowest BCUT2D eigenvalue weighted by Gasteiger charge is -2.34. The van der Waals surface area contributed by atoms with Gasteiger partial charge in [-0.25, -0.2) is 0 Å². The summed E-state index contributed by atoms with van der Waals surface area (Å²) in [5, 5.41) is 2.70. The number of benzene rings is 1. The molecule has 2 amide bonds. The number of carbonyl (C=O) groups is 3. The highest BCUT2D eigenvalue weighted by Gasteiger charge is 2.35. The van der Waals surface area contributed by atoms with E-state index in [1.54, 1.807) is 18.2 Å². The Labute approximate surface area is 167 Å². The van der Waals surface area contributed by atoms with E-state index >= 15 is 0 Å². The average molecular weight is 441 g/mol. The van der Waals surface area contributed by atoms with Crippen LogP contribution in [-0.4, -0.2) is 55.0 Å². The quantitative estimate of drug-likeness (QED) is 0.627. The molecule has 0 aliphatic carbocycles. The summed E-state index contributed by atoms with van der Waals surface area (Å²) in [5.74, 6) is -0.475. The summed E-state index contributed by atoms with van der Waals surface area (Å²) in [6.45, 7) is 5.47. The van der Waals surface area contributed by atoms with Crippen LogP contribution in [0.2, 0.25) is 0 Å². The molecule has 1 heterocycles. The third-order valence-electron chi connectivity index (χ3n) is 4.06. The molecule has 1 N–H and O–H groups in total. The van der Waals surface area contributed by atoms with Gasteiger partial charge >= 0.3 is 5.97 Å². The Morgan fingerprint density at radius 2 is 2.00 bits per heavy atom. The predicted molar refractivity (Wildman–Crippen MR) is 104 cm³/mol. The largest absolute Gasteiger partial charge is 0.492 e. The third-order valence-corrected chi connectivity index (χ3v) is 4.68. The molecule has 2 rings (SSSR count). The molecule has 1 aliphatic heterocycles. The fourth-order valence-electron chi connectivity index (χ4n) is 2.72. The molecule has 0 spiro atoms. The van der Waals surface area contributed by atoms with Gasteiger partial charge in [0, 0.05) is 18.7 Å². The first-order valence-electron chi connectivity index (χ1n) is 9.14. The van der Waals surface area contributed by atoms with Crippen molar-refractivity contribution in [2.24, 2.45) is 0 Å². The van der Waals surface area contributed by atoms with Crippen molar-refractivity contribution in [2.75, 3.05) is 26.3 Å². The monoisotopic (exact) mass is 440 g/mol. The topological polar surface area (TPSA) is 84.9 Å². The van der Waals surface area contributed by atoms with Gasteiger partial charge in [0.25, 0.3) is 5.91 Å². The standard InChI is InChI=1S/C19H25BrN2O5/c1-3-9-26-16-6-5-13(11-14(16)20)19(25)22-8-7-21-18(24)15(22)12-17(23)27-10-4-2/h5-6,11,15H,3-4,7-10,12H2,1-2H3,(H,21,24). The van der Waals surface area contributed by atoms with Crippen molar-refractivity contribution in [1.82, 2.24) is 10.2 Å². The highest BCUT2D eigenvalue weighted by Crippen LogP contribution is 2.27. The van der Waals surface area contributed by atoms with Crippen molar-refractivity contribution in [1.29, 1.82) is 0 Å². The van der Waals surface area contributed by atoms with Crippen molar-refractivity contribution in [3.05, 3.63) is 28.2 Å². The molecule has 1 saturated heterocycles. The van der Waals surface area contributed by atoms with Gasteiger partial charge in [0.1, 0.15) is 11.8 Å². The minimum absolute atomic E-state index is 0.156. The van der Waals surface area contributed by atoms with Gasteiger partial charge in [0.15, 0.2) is 0 Å². The lowest BCUT2D eigenvalue weighted by molar-refractivity contribution is -0.147. The normalized spacial score (nSPS) is 16.6. The van der Waals surface area contributed by atoms with Crippen LogP contribution in [0.5, 0.6) is 5.75 Å². The number of nitrogens with one attached hydrogen (secondary N) is 1. The summed E-state index contributed by atoms with van der Waals surface area (Å²) in [7, 11) is 0. The van der Waals surface area contributed by atoms with E-state index in [9.17, 15) is 14.4 Å². The summed E-state index contributed by atoms with van der Waals surface area (Å²) in [6.07, 6.45) is 1.42. The van der Waals surface area contributed by atoms with E-state index in [0.29, 0.717) is 48.5 Å². The van der Waals surface area contributed by atoms with Gasteiger partial charge in [-0.1, -0.05) is 13.8 Å². The lowest BCUT2D eigenvalue weighted by Crippen LogP contribution is -2.57. The van der Waals surface area contributed by atoms with E-state index in [-0.39, 0.29) is 18.2 Å². The fraction of sp³-hybridized carbons (Fsp3) is 0.526. The van der Waals surface area contributed by atoms with Crippen LogP contribution in [0.1, 0.15) is 43.5 Å². The Morgan fingerprint density at radius 3 is 2.67 bits per heavy atom. The van der Waals surface area contributed by atoms with E-state index in [2.05, 4.69) is 21.2 Å². The molecule has 0 saturated carbocycles. The Hall–Kier alpha value is -2.09. The second kappa shape index (κ2) is 10.3. The molecule has 148 valence electrons. The molecule has 27 heavy (non-hydrogen) atoms. The van der Waals surface area contributed by atoms with Crippen molar-refractivity contribution < 1.29 is 23.9 Å². The maximum atomic E-state index is 13.0. The summed E-state index contributed by atoms with van der Waals surface area (Å²) < 4.78 is 11.3. The zero-order valence-electron chi connectivity index (χ0n) is 15.6. The number of hydrogen-bond donors (Lipinski definition) is 1. The van der Waals surface area contributed by atoms with Gasteiger partial charge in [-0.2, -0.15) is 0 Å². The summed E-state index contributed by atoms with van der Waals surface area (Å²) in [4.78, 5) is 38.6. The Balaban J connectivity index is 2.15. The van der Waals surface area contributed by atoms with Crippen molar-refractivity contribution in [3.63, 3.8) is 0 Å². The number of carbonyl (C=O) groups excluding carboxylic acids is 3. The predicted octanol–water partition coefficient (Wildman–Crippen LogP) is 2.52. The van der Waals surface area contributed by atoms with Gasteiger partial charge < -0.3 is 19.7 Å². The van der Waals surface area contributed by atoms with Crippen LogP contribution in [0.25, 0.3) is 0 Å². The van der Waals surface area contributed by atoms with Gasteiger partial charge in [-0.3, -0.25) is 14.4 Å². The Bertz CT molecular complexity index is 695. The molecule has 1 fully saturated rings. The van der Waals surface area contributed by atoms with Crippen LogP contribution in [-0.2, 0) is 14.3 Å². The minimum atomic E-state index is -0.870. The first-order valence-corrected chi connectivity index (χ1v) is 9.93. The SMILES string of the molecule is CCCOC(=O)CC1C(=O)NCCN1C(=O)c1ccc(OCCC)c(Br)c1. The Kier molecular flexibility index (Phi) is 8.09. The van der Waals surface area contributed by atoms with Crippen LogP contribution in [0, 0.1) is 0 Å².